The number of carbonyl (C=O) groups excluding carboxylic acids is 2. The molecule has 2 aliphatic rings. The van der Waals surface area contributed by atoms with Crippen molar-refractivity contribution in [2.75, 3.05) is 0 Å². The molecule has 4 heteroatoms. The highest BCUT2D eigenvalue weighted by Gasteiger charge is 2.45. The summed E-state index contributed by atoms with van der Waals surface area (Å²) in [7, 11) is 0. The molecule has 0 unspecified atom stereocenters. The molecule has 0 aromatic heterocycles. The van der Waals surface area contributed by atoms with Gasteiger partial charge in [0.05, 0.1) is 6.10 Å². The Labute approximate surface area is 157 Å². The third-order valence-corrected chi connectivity index (χ3v) is 5.32. The van der Waals surface area contributed by atoms with Gasteiger partial charge < -0.3 is 9.47 Å². The number of carbonyl (C=O) groups is 2. The van der Waals surface area contributed by atoms with Crippen LogP contribution < -0.4 is 0 Å². The van der Waals surface area contributed by atoms with Gasteiger partial charge in [-0.15, -0.1) is 0 Å². The van der Waals surface area contributed by atoms with Crippen LogP contribution in [0.3, 0.4) is 0 Å². The lowest BCUT2D eigenvalue weighted by Gasteiger charge is -2.25. The Morgan fingerprint density at radius 3 is 2.73 bits per heavy atom. The van der Waals surface area contributed by atoms with Gasteiger partial charge in [0.25, 0.3) is 0 Å². The minimum atomic E-state index is -0.723. The summed E-state index contributed by atoms with van der Waals surface area (Å²) in [6.07, 6.45) is 8.93. The highest BCUT2D eigenvalue weighted by molar-refractivity contribution is 5.76. The first-order valence-electron chi connectivity index (χ1n) is 9.63. The zero-order valence-electron chi connectivity index (χ0n) is 16.7. The number of hydrogen-bond acceptors (Lipinski definition) is 4. The Bertz CT molecular complexity index is 622. The zero-order chi connectivity index (χ0) is 19.3. The highest BCUT2D eigenvalue weighted by atomic mass is 16.7. The smallest absolute Gasteiger partial charge is 0.305 e. The normalized spacial score (nSPS) is 27.0. The topological polar surface area (TPSA) is 52.6 Å². The van der Waals surface area contributed by atoms with Crippen molar-refractivity contribution in [1.29, 1.82) is 0 Å². The predicted molar refractivity (Wildman–Crippen MR) is 102 cm³/mol. The highest BCUT2D eigenvalue weighted by Crippen LogP contribution is 2.44. The quantitative estimate of drug-likeness (QED) is 0.384. The van der Waals surface area contributed by atoms with Crippen LogP contribution in [0.1, 0.15) is 66.7 Å². The van der Waals surface area contributed by atoms with Gasteiger partial charge in [0.2, 0.25) is 6.29 Å². The molecule has 0 spiro atoms. The van der Waals surface area contributed by atoms with Crippen LogP contribution >= 0.6 is 0 Å². The molecule has 2 rings (SSSR count). The number of hydrogen-bond donors (Lipinski definition) is 0. The standard InChI is InChI=1S/C22H32O4/c1-14(2)8-6-10-16(4)20-19-12-15(3)9-7-11-18(13-23)21(20)22(26-19)25-17(5)24/h8-9,13,16,19-20,22H,6-7,10-12H2,1-5H3/t16-,19-,20+,22+/m1/s1. The molecular weight excluding hydrogens is 328 g/mol. The number of allylic oxidation sites excluding steroid dienone is 4. The van der Waals surface area contributed by atoms with E-state index in [1.54, 1.807) is 0 Å². The summed E-state index contributed by atoms with van der Waals surface area (Å²) in [5.74, 6) is 0.0669. The largest absolute Gasteiger partial charge is 0.432 e. The van der Waals surface area contributed by atoms with Crippen LogP contribution in [0.5, 0.6) is 0 Å². The molecule has 0 amide bonds. The maximum absolute atomic E-state index is 11.8. The van der Waals surface area contributed by atoms with E-state index < -0.39 is 6.29 Å². The molecule has 2 bridgehead atoms. The number of fused-ring (bicyclic) bond motifs is 2. The molecule has 1 aliphatic heterocycles. The van der Waals surface area contributed by atoms with Gasteiger partial charge in [-0.2, -0.15) is 0 Å². The maximum Gasteiger partial charge on any atom is 0.305 e. The third-order valence-electron chi connectivity index (χ3n) is 5.32. The molecule has 0 radical (unpaired) electrons. The maximum atomic E-state index is 11.8. The van der Waals surface area contributed by atoms with Gasteiger partial charge in [0.1, 0.15) is 6.29 Å². The van der Waals surface area contributed by atoms with Crippen molar-refractivity contribution in [2.45, 2.75) is 79.1 Å². The molecule has 1 saturated heterocycles. The molecule has 1 heterocycles. The first-order chi connectivity index (χ1) is 12.3. The van der Waals surface area contributed by atoms with E-state index in [-0.39, 0.29) is 18.0 Å². The van der Waals surface area contributed by atoms with Crippen molar-refractivity contribution >= 4 is 12.3 Å². The van der Waals surface area contributed by atoms with Crippen LogP contribution in [0.25, 0.3) is 0 Å². The predicted octanol–water partition coefficient (Wildman–Crippen LogP) is 4.90. The molecule has 144 valence electrons. The van der Waals surface area contributed by atoms with E-state index in [2.05, 4.69) is 39.8 Å². The fourth-order valence-electron chi connectivity index (χ4n) is 4.09. The van der Waals surface area contributed by atoms with Crippen molar-refractivity contribution in [2.24, 2.45) is 11.8 Å². The van der Waals surface area contributed by atoms with E-state index in [0.29, 0.717) is 12.3 Å². The molecule has 26 heavy (non-hydrogen) atoms. The van der Waals surface area contributed by atoms with E-state index in [0.717, 1.165) is 43.1 Å². The second-order valence-corrected chi connectivity index (χ2v) is 7.87. The second kappa shape index (κ2) is 9.31. The van der Waals surface area contributed by atoms with Gasteiger partial charge in [-0.3, -0.25) is 9.59 Å². The minimum Gasteiger partial charge on any atom is -0.432 e. The van der Waals surface area contributed by atoms with Crippen LogP contribution in [0.15, 0.2) is 34.4 Å². The summed E-state index contributed by atoms with van der Waals surface area (Å²) >= 11 is 0. The Kier molecular flexibility index (Phi) is 7.39. The van der Waals surface area contributed by atoms with Gasteiger partial charge >= 0.3 is 5.97 Å². The first-order valence-corrected chi connectivity index (χ1v) is 9.63. The Morgan fingerprint density at radius 1 is 1.38 bits per heavy atom. The minimum absolute atomic E-state index is 0.0552. The van der Waals surface area contributed by atoms with Gasteiger partial charge in [-0.25, -0.2) is 0 Å². The van der Waals surface area contributed by atoms with E-state index in [1.165, 1.54) is 18.1 Å². The lowest BCUT2D eigenvalue weighted by Crippen LogP contribution is -2.24. The van der Waals surface area contributed by atoms with E-state index in [4.69, 9.17) is 9.47 Å². The van der Waals surface area contributed by atoms with E-state index in [9.17, 15) is 9.59 Å². The van der Waals surface area contributed by atoms with E-state index in [1.807, 2.05) is 0 Å². The molecule has 4 nitrogen and oxygen atoms in total. The molecule has 1 aliphatic carbocycles. The van der Waals surface area contributed by atoms with Gasteiger partial charge in [-0.1, -0.05) is 30.2 Å². The number of rotatable bonds is 6. The monoisotopic (exact) mass is 360 g/mol. The molecule has 0 aromatic rings. The van der Waals surface area contributed by atoms with Crippen molar-refractivity contribution in [1.82, 2.24) is 0 Å². The number of aldehydes is 1. The summed E-state index contributed by atoms with van der Waals surface area (Å²) in [5.41, 5.74) is 4.22. The van der Waals surface area contributed by atoms with Crippen molar-refractivity contribution in [3.63, 3.8) is 0 Å². The SMILES string of the molecule is CC(=O)O[C@H]1O[C@@H]2CC(C)=CCCC(C=O)=C1[C@H]2[C@H](C)CCC=C(C)C. The average molecular weight is 360 g/mol. The summed E-state index contributed by atoms with van der Waals surface area (Å²) in [6, 6.07) is 0. The van der Waals surface area contributed by atoms with Crippen LogP contribution in [0.2, 0.25) is 0 Å². The zero-order valence-corrected chi connectivity index (χ0v) is 16.7. The van der Waals surface area contributed by atoms with Crippen molar-refractivity contribution in [3.05, 3.63) is 34.4 Å². The number of esters is 1. The summed E-state index contributed by atoms with van der Waals surface area (Å²) in [4.78, 5) is 23.4. The first kappa shape index (κ1) is 20.6. The lowest BCUT2D eigenvalue weighted by molar-refractivity contribution is -0.168. The van der Waals surface area contributed by atoms with Crippen LogP contribution in [-0.2, 0) is 19.1 Å². The average Bonchev–Trinajstić information content (AvgIpc) is 2.90. The van der Waals surface area contributed by atoms with Crippen molar-refractivity contribution < 1.29 is 19.1 Å². The third kappa shape index (κ3) is 5.16. The second-order valence-electron chi connectivity index (χ2n) is 7.87. The van der Waals surface area contributed by atoms with Crippen LogP contribution in [0.4, 0.5) is 0 Å². The summed E-state index contributed by atoms with van der Waals surface area (Å²) < 4.78 is 11.6. The molecule has 1 fully saturated rings. The van der Waals surface area contributed by atoms with Crippen molar-refractivity contribution in [3.8, 4) is 0 Å². The Balaban J connectivity index is 2.38. The van der Waals surface area contributed by atoms with Crippen LogP contribution in [-0.4, -0.2) is 24.6 Å². The Morgan fingerprint density at radius 2 is 2.12 bits per heavy atom. The fourth-order valence-corrected chi connectivity index (χ4v) is 4.09. The summed E-state index contributed by atoms with van der Waals surface area (Å²) in [5, 5.41) is 0. The van der Waals surface area contributed by atoms with Crippen LogP contribution in [0, 0.1) is 11.8 Å². The number of ether oxygens (including phenoxy) is 2. The summed E-state index contributed by atoms with van der Waals surface area (Å²) in [6.45, 7) is 9.93. The van der Waals surface area contributed by atoms with E-state index >= 15 is 0 Å². The van der Waals surface area contributed by atoms with Gasteiger partial charge in [-0.05, 0) is 64.4 Å². The molecule has 0 aromatic carbocycles. The van der Waals surface area contributed by atoms with Gasteiger partial charge in [0, 0.05) is 18.4 Å². The Hall–Kier alpha value is -1.68. The lowest BCUT2D eigenvalue weighted by atomic mass is 9.78. The molecular formula is C22H32O4. The molecule has 0 saturated carbocycles. The van der Waals surface area contributed by atoms with Gasteiger partial charge in [0.15, 0.2) is 0 Å². The molecule has 4 atom stereocenters. The molecule has 0 N–H and O–H groups in total. The fraction of sp³-hybridized carbons (Fsp3) is 0.636.